The number of ether oxygens (including phenoxy) is 2. The van der Waals surface area contributed by atoms with E-state index in [9.17, 15) is 13.6 Å². The monoisotopic (exact) mass is 451 g/mol. The highest BCUT2D eigenvalue weighted by Crippen LogP contribution is 2.48. The molecule has 3 aliphatic rings. The number of nitrogens with two attached hydrogens (primary N) is 1. The van der Waals surface area contributed by atoms with E-state index in [1.165, 1.54) is 15.3 Å². The standard InChI is InChI=1S/C22H27F2N3O3S/c23-17-10-29-11-18(24)27(17)13-2-4-14(5-3-13)30-15-7-8-26-22-21(15)20-12(9-19(25)28)1-6-16(20)31-22/h7-8,12-14,17-18H,1-6,9-11H2,(H2,25,28)/t12-,13-,14-,17-,18-/m1/s1. The first-order valence-electron chi connectivity index (χ1n) is 11.0. The maximum Gasteiger partial charge on any atom is 0.218 e. The molecule has 2 aromatic heterocycles. The van der Waals surface area contributed by atoms with Crippen LogP contribution in [0.15, 0.2) is 12.3 Å². The number of hydrogen-bond donors (Lipinski definition) is 1. The molecular weight excluding hydrogens is 424 g/mol. The molecular formula is C22H27F2N3O3S. The lowest BCUT2D eigenvalue weighted by molar-refractivity contribution is -0.163. The smallest absolute Gasteiger partial charge is 0.218 e. The molecule has 2 aliphatic carbocycles. The van der Waals surface area contributed by atoms with Crippen LogP contribution in [0.5, 0.6) is 5.75 Å². The SMILES string of the molecule is NC(=O)C[C@H]1CCc2sc3nccc(O[C@H]4CC[C@H](N5[C@@H](F)COC[C@@H]5F)CC4)c3c21. The van der Waals surface area contributed by atoms with Crippen LogP contribution in [0.1, 0.15) is 54.9 Å². The summed E-state index contributed by atoms with van der Waals surface area (Å²) in [5, 5.41) is 1.01. The first-order chi connectivity index (χ1) is 15.0. The Balaban J connectivity index is 1.31. The molecule has 0 bridgehead atoms. The molecule has 0 aromatic carbocycles. The second kappa shape index (κ2) is 8.60. The minimum absolute atomic E-state index is 0.00874. The zero-order valence-corrected chi connectivity index (χ0v) is 18.1. The van der Waals surface area contributed by atoms with E-state index in [2.05, 4.69) is 4.98 Å². The largest absolute Gasteiger partial charge is 0.490 e. The summed E-state index contributed by atoms with van der Waals surface area (Å²) in [6.07, 6.45) is 4.03. The van der Waals surface area contributed by atoms with Gasteiger partial charge in [0.25, 0.3) is 0 Å². The highest BCUT2D eigenvalue weighted by atomic mass is 32.1. The predicted molar refractivity (Wildman–Crippen MR) is 114 cm³/mol. The number of aromatic nitrogens is 1. The van der Waals surface area contributed by atoms with Crippen LogP contribution >= 0.6 is 11.3 Å². The van der Waals surface area contributed by atoms with E-state index in [4.69, 9.17) is 15.2 Å². The number of carbonyl (C=O) groups excluding carboxylic acids is 1. The third-order valence-corrected chi connectivity index (χ3v) is 7.93. The molecule has 31 heavy (non-hydrogen) atoms. The zero-order chi connectivity index (χ0) is 21.5. The Morgan fingerprint density at radius 1 is 1.23 bits per heavy atom. The van der Waals surface area contributed by atoms with Gasteiger partial charge in [-0.25, -0.2) is 18.7 Å². The van der Waals surface area contributed by atoms with Crippen molar-refractivity contribution in [3.8, 4) is 5.75 Å². The summed E-state index contributed by atoms with van der Waals surface area (Å²) in [6, 6.07) is 1.76. The summed E-state index contributed by atoms with van der Waals surface area (Å²) in [6.45, 7) is -0.136. The van der Waals surface area contributed by atoms with Gasteiger partial charge >= 0.3 is 0 Å². The maximum absolute atomic E-state index is 14.2. The number of primary amides is 1. The molecule has 5 rings (SSSR count). The van der Waals surface area contributed by atoms with Gasteiger partial charge in [0.05, 0.1) is 24.7 Å². The summed E-state index contributed by atoms with van der Waals surface area (Å²) in [7, 11) is 0. The Morgan fingerprint density at radius 2 is 1.97 bits per heavy atom. The lowest BCUT2D eigenvalue weighted by atomic mass is 9.91. The number of pyridine rings is 1. The number of hydrogen-bond acceptors (Lipinski definition) is 6. The number of halogens is 2. The lowest BCUT2D eigenvalue weighted by Gasteiger charge is -2.42. The number of fused-ring (bicyclic) bond motifs is 3. The lowest BCUT2D eigenvalue weighted by Crippen LogP contribution is -2.54. The number of nitrogens with zero attached hydrogens (tertiary/aromatic N) is 2. The molecule has 168 valence electrons. The van der Waals surface area contributed by atoms with E-state index in [0.717, 1.165) is 41.6 Å². The summed E-state index contributed by atoms with van der Waals surface area (Å²) < 4.78 is 39.8. The maximum atomic E-state index is 14.2. The van der Waals surface area contributed by atoms with Crippen LogP contribution in [0.25, 0.3) is 10.2 Å². The molecule has 1 saturated carbocycles. The first-order valence-corrected chi connectivity index (χ1v) is 11.8. The number of aryl methyl sites for hydroxylation is 1. The van der Waals surface area contributed by atoms with Gasteiger partial charge in [0, 0.05) is 23.5 Å². The van der Waals surface area contributed by atoms with Crippen LogP contribution in [0, 0.1) is 0 Å². The normalized spacial score (nSPS) is 31.6. The van der Waals surface area contributed by atoms with E-state index in [0.29, 0.717) is 19.3 Å². The van der Waals surface area contributed by atoms with Crippen molar-refractivity contribution in [1.29, 1.82) is 0 Å². The Kier molecular flexibility index (Phi) is 5.83. The highest BCUT2D eigenvalue weighted by Gasteiger charge is 2.39. The highest BCUT2D eigenvalue weighted by molar-refractivity contribution is 7.19. The summed E-state index contributed by atoms with van der Waals surface area (Å²) in [5.74, 6) is 0.621. The number of amides is 1. The van der Waals surface area contributed by atoms with Gasteiger partial charge in [-0.15, -0.1) is 11.3 Å². The van der Waals surface area contributed by atoms with Crippen LogP contribution < -0.4 is 10.5 Å². The number of morpholine rings is 1. The molecule has 1 saturated heterocycles. The van der Waals surface area contributed by atoms with Crippen molar-refractivity contribution in [3.63, 3.8) is 0 Å². The molecule has 1 aliphatic heterocycles. The van der Waals surface area contributed by atoms with Crippen molar-refractivity contribution in [2.75, 3.05) is 13.2 Å². The van der Waals surface area contributed by atoms with E-state index in [1.54, 1.807) is 17.5 Å². The molecule has 0 radical (unpaired) electrons. The minimum atomic E-state index is -1.39. The Bertz CT molecular complexity index is 953. The van der Waals surface area contributed by atoms with Crippen molar-refractivity contribution >= 4 is 27.5 Å². The third kappa shape index (κ3) is 4.03. The fraction of sp³-hybridized carbons (Fsp3) is 0.636. The van der Waals surface area contributed by atoms with Gasteiger partial charge in [0.2, 0.25) is 5.91 Å². The van der Waals surface area contributed by atoms with Crippen molar-refractivity contribution in [2.24, 2.45) is 5.73 Å². The average molecular weight is 452 g/mol. The van der Waals surface area contributed by atoms with Gasteiger partial charge in [0.1, 0.15) is 10.6 Å². The Morgan fingerprint density at radius 3 is 2.68 bits per heavy atom. The van der Waals surface area contributed by atoms with E-state index >= 15 is 0 Å². The number of carbonyl (C=O) groups is 1. The van der Waals surface area contributed by atoms with Crippen LogP contribution in [0.2, 0.25) is 0 Å². The molecule has 3 heterocycles. The van der Waals surface area contributed by atoms with Crippen LogP contribution in [-0.4, -0.2) is 53.7 Å². The van der Waals surface area contributed by atoms with Gasteiger partial charge in [-0.2, -0.15) is 0 Å². The number of thiophene rings is 1. The molecule has 6 nitrogen and oxygen atoms in total. The average Bonchev–Trinajstić information content (AvgIpc) is 3.29. The fourth-order valence-corrected chi connectivity index (χ4v) is 6.64. The van der Waals surface area contributed by atoms with Gasteiger partial charge in [0.15, 0.2) is 12.6 Å². The molecule has 1 amide bonds. The number of alkyl halides is 2. The molecule has 9 heteroatoms. The van der Waals surface area contributed by atoms with Crippen LogP contribution in [0.4, 0.5) is 8.78 Å². The summed E-state index contributed by atoms with van der Waals surface area (Å²) >= 11 is 1.67. The van der Waals surface area contributed by atoms with E-state index in [-0.39, 0.29) is 37.2 Å². The molecule has 2 fully saturated rings. The van der Waals surface area contributed by atoms with Crippen molar-refractivity contribution < 1.29 is 23.0 Å². The Hall–Kier alpha value is -1.84. The molecule has 0 unspecified atom stereocenters. The van der Waals surface area contributed by atoms with Crippen molar-refractivity contribution in [2.45, 2.75) is 75.6 Å². The van der Waals surface area contributed by atoms with Gasteiger partial charge in [-0.05, 0) is 56.1 Å². The molecule has 3 atom stereocenters. The fourth-order valence-electron chi connectivity index (χ4n) is 5.38. The molecule has 2 aromatic rings. The Labute approximate surface area is 183 Å². The topological polar surface area (TPSA) is 77.7 Å². The third-order valence-electron chi connectivity index (χ3n) is 6.76. The van der Waals surface area contributed by atoms with E-state index < -0.39 is 12.6 Å². The second-order valence-corrected chi connectivity index (χ2v) is 9.82. The quantitative estimate of drug-likeness (QED) is 0.700. The predicted octanol–water partition coefficient (Wildman–Crippen LogP) is 3.81. The molecule has 2 N–H and O–H groups in total. The van der Waals surface area contributed by atoms with Gasteiger partial charge in [-0.1, -0.05) is 0 Å². The minimum Gasteiger partial charge on any atom is -0.490 e. The number of rotatable bonds is 5. The van der Waals surface area contributed by atoms with Crippen LogP contribution in [0.3, 0.4) is 0 Å². The van der Waals surface area contributed by atoms with Gasteiger partial charge < -0.3 is 15.2 Å². The van der Waals surface area contributed by atoms with Gasteiger partial charge in [-0.3, -0.25) is 4.79 Å². The van der Waals surface area contributed by atoms with Crippen molar-refractivity contribution in [1.82, 2.24) is 9.88 Å². The second-order valence-electron chi connectivity index (χ2n) is 8.74. The summed E-state index contributed by atoms with van der Waals surface area (Å²) in [5.41, 5.74) is 6.65. The van der Waals surface area contributed by atoms with Crippen molar-refractivity contribution in [3.05, 3.63) is 22.7 Å². The zero-order valence-electron chi connectivity index (χ0n) is 17.3. The van der Waals surface area contributed by atoms with Crippen LogP contribution in [-0.2, 0) is 16.0 Å². The molecule has 0 spiro atoms. The first kappa shape index (κ1) is 21.0. The summed E-state index contributed by atoms with van der Waals surface area (Å²) in [4.78, 5) is 19.6. The van der Waals surface area contributed by atoms with E-state index in [1.807, 2.05) is 6.07 Å².